The Labute approximate surface area is 162 Å². The van der Waals surface area contributed by atoms with Crippen LogP contribution in [0.2, 0.25) is 0 Å². The second-order valence-corrected chi connectivity index (χ2v) is 6.83. The van der Waals surface area contributed by atoms with Crippen molar-refractivity contribution in [3.05, 3.63) is 53.3 Å². The highest BCUT2D eigenvalue weighted by molar-refractivity contribution is 5.72. The number of hydrogen-bond acceptors (Lipinski definition) is 7. The third-order valence-corrected chi connectivity index (χ3v) is 4.84. The van der Waals surface area contributed by atoms with Gasteiger partial charge in [-0.2, -0.15) is 0 Å². The molecule has 3 N–H and O–H groups in total. The molecule has 8 nitrogen and oxygen atoms in total. The van der Waals surface area contributed by atoms with Crippen LogP contribution in [0.25, 0.3) is 0 Å². The number of carbonyl (C=O) groups excluding carboxylic acids is 1. The quantitative estimate of drug-likeness (QED) is 0.596. The van der Waals surface area contributed by atoms with E-state index in [1.54, 1.807) is 32.2 Å². The number of ether oxygens (including phenoxy) is 3. The lowest BCUT2D eigenvalue weighted by Crippen LogP contribution is -2.58. The summed E-state index contributed by atoms with van der Waals surface area (Å²) in [5.74, 6) is 0.448. The molecule has 1 aliphatic rings. The van der Waals surface area contributed by atoms with Gasteiger partial charge in [-0.05, 0) is 36.8 Å². The maximum absolute atomic E-state index is 11.3. The molecular formula is C20H25NO7. The van der Waals surface area contributed by atoms with Crippen LogP contribution in [0.4, 0.5) is 0 Å². The summed E-state index contributed by atoms with van der Waals surface area (Å²) < 4.78 is 18.1. The van der Waals surface area contributed by atoms with Crippen LogP contribution < -0.4 is 4.74 Å². The zero-order valence-electron chi connectivity index (χ0n) is 15.8. The van der Waals surface area contributed by atoms with Gasteiger partial charge < -0.3 is 34.1 Å². The van der Waals surface area contributed by atoms with Gasteiger partial charge in [0.15, 0.2) is 6.29 Å². The number of rotatable bonds is 7. The molecular weight excluding hydrogens is 366 g/mol. The lowest BCUT2D eigenvalue weighted by atomic mass is 10.00. The number of hydrogen-bond donors (Lipinski definition) is 3. The van der Waals surface area contributed by atoms with Gasteiger partial charge in [-0.1, -0.05) is 12.1 Å². The van der Waals surface area contributed by atoms with Gasteiger partial charge in [0, 0.05) is 19.3 Å². The first-order chi connectivity index (χ1) is 13.4. The van der Waals surface area contributed by atoms with Crippen LogP contribution in [-0.4, -0.2) is 64.0 Å². The van der Waals surface area contributed by atoms with Crippen molar-refractivity contribution < 1.29 is 34.3 Å². The molecule has 152 valence electrons. The molecule has 2 heterocycles. The van der Waals surface area contributed by atoms with Gasteiger partial charge in [-0.3, -0.25) is 4.79 Å². The van der Waals surface area contributed by atoms with Crippen molar-refractivity contribution in [2.24, 2.45) is 0 Å². The summed E-state index contributed by atoms with van der Waals surface area (Å²) in [5, 5.41) is 29.6. The summed E-state index contributed by atoms with van der Waals surface area (Å²) in [4.78, 5) is 11.3. The largest absolute Gasteiger partial charge is 0.462 e. The van der Waals surface area contributed by atoms with E-state index in [-0.39, 0.29) is 0 Å². The van der Waals surface area contributed by atoms with Gasteiger partial charge in [0.1, 0.15) is 24.1 Å². The van der Waals surface area contributed by atoms with Gasteiger partial charge in [0.05, 0.1) is 18.4 Å². The fourth-order valence-electron chi connectivity index (χ4n) is 3.20. The molecule has 0 bridgehead atoms. The molecule has 0 aliphatic carbocycles. The predicted octanol–water partition coefficient (Wildman–Crippen LogP) is 0.702. The number of methoxy groups -OCH3 is 1. The lowest BCUT2D eigenvalue weighted by molar-refractivity contribution is -0.268. The van der Waals surface area contributed by atoms with Crippen LogP contribution in [0.15, 0.2) is 36.4 Å². The zero-order chi connectivity index (χ0) is 20.3. The molecule has 5 atom stereocenters. The number of carbonyl (C=O) groups is 1. The first-order valence-electron chi connectivity index (χ1n) is 9.02. The molecule has 2 aromatic rings. The van der Waals surface area contributed by atoms with E-state index in [4.69, 9.17) is 14.2 Å². The molecule has 1 aliphatic heterocycles. The molecule has 3 rings (SSSR count). The van der Waals surface area contributed by atoms with Crippen LogP contribution in [-0.2, 0) is 22.6 Å². The second kappa shape index (κ2) is 8.85. The molecule has 28 heavy (non-hydrogen) atoms. The van der Waals surface area contributed by atoms with E-state index < -0.39 is 30.7 Å². The normalized spacial score (nSPS) is 27.5. The summed E-state index contributed by atoms with van der Waals surface area (Å²) in [5.41, 5.74) is 2.40. The molecule has 1 saturated heterocycles. The van der Waals surface area contributed by atoms with Crippen molar-refractivity contribution in [3.63, 3.8) is 0 Å². The number of nitrogens with zero attached hydrogens (tertiary/aromatic N) is 1. The van der Waals surface area contributed by atoms with Crippen molar-refractivity contribution in [1.29, 1.82) is 0 Å². The van der Waals surface area contributed by atoms with Crippen LogP contribution in [0.3, 0.4) is 0 Å². The summed E-state index contributed by atoms with van der Waals surface area (Å²) in [6, 6.07) is 10.7. The molecule has 0 unspecified atom stereocenters. The Kier molecular flexibility index (Phi) is 6.48. The number of aromatic nitrogens is 1. The van der Waals surface area contributed by atoms with Crippen LogP contribution in [0.1, 0.15) is 28.7 Å². The molecule has 0 saturated carbocycles. The molecule has 1 aromatic carbocycles. The zero-order valence-corrected chi connectivity index (χ0v) is 15.8. The average Bonchev–Trinajstić information content (AvgIpc) is 3.07. The molecule has 0 radical (unpaired) electrons. The minimum Gasteiger partial charge on any atom is -0.462 e. The van der Waals surface area contributed by atoms with Crippen LogP contribution >= 0.6 is 0 Å². The van der Waals surface area contributed by atoms with E-state index in [9.17, 15) is 20.1 Å². The monoisotopic (exact) mass is 391 g/mol. The third-order valence-electron chi connectivity index (χ3n) is 4.84. The van der Waals surface area contributed by atoms with Gasteiger partial charge in [-0.25, -0.2) is 0 Å². The second-order valence-electron chi connectivity index (χ2n) is 6.83. The standard InChI is InChI=1S/C20H25NO7/c1-12-17(23)18(24)19(25)20(27-12)28-16-7-3-13(4-8-16)9-21-14(10-22)5-6-15(21)11-26-2/h3-8,10,12,17-20,23-25H,9,11H2,1-2H3/t12-,17-,18+,19+,20-/m0/s1. The Bertz CT molecular complexity index is 788. The Morgan fingerprint density at radius 3 is 2.43 bits per heavy atom. The van der Waals surface area contributed by atoms with Crippen molar-refractivity contribution in [2.75, 3.05) is 7.11 Å². The molecule has 1 aromatic heterocycles. The fraction of sp³-hybridized carbons (Fsp3) is 0.450. The first-order valence-corrected chi connectivity index (χ1v) is 9.02. The Morgan fingerprint density at radius 1 is 1.07 bits per heavy atom. The summed E-state index contributed by atoms with van der Waals surface area (Å²) in [6.45, 7) is 2.49. The fourth-order valence-corrected chi connectivity index (χ4v) is 3.20. The smallest absolute Gasteiger partial charge is 0.229 e. The predicted molar refractivity (Wildman–Crippen MR) is 99.1 cm³/mol. The lowest BCUT2D eigenvalue weighted by Gasteiger charge is -2.38. The average molecular weight is 391 g/mol. The minimum atomic E-state index is -1.36. The van der Waals surface area contributed by atoms with E-state index in [1.807, 2.05) is 22.8 Å². The third kappa shape index (κ3) is 4.26. The SMILES string of the molecule is COCc1ccc(C=O)n1Cc1ccc(O[C@@H]2O[C@@H](C)[C@H](O)[C@@H](O)[C@H]2O)cc1. The highest BCUT2D eigenvalue weighted by Crippen LogP contribution is 2.24. The summed E-state index contributed by atoms with van der Waals surface area (Å²) >= 11 is 0. The van der Waals surface area contributed by atoms with Gasteiger partial charge in [-0.15, -0.1) is 0 Å². The van der Waals surface area contributed by atoms with Crippen molar-refractivity contribution in [3.8, 4) is 5.75 Å². The Balaban J connectivity index is 1.69. The van der Waals surface area contributed by atoms with E-state index in [0.29, 0.717) is 24.6 Å². The van der Waals surface area contributed by atoms with E-state index >= 15 is 0 Å². The number of aliphatic hydroxyl groups excluding tert-OH is 3. The highest BCUT2D eigenvalue weighted by Gasteiger charge is 2.43. The summed E-state index contributed by atoms with van der Waals surface area (Å²) in [7, 11) is 1.60. The van der Waals surface area contributed by atoms with Gasteiger partial charge in [0.25, 0.3) is 0 Å². The number of benzene rings is 1. The molecule has 0 spiro atoms. The highest BCUT2D eigenvalue weighted by atomic mass is 16.7. The minimum absolute atomic E-state index is 0.401. The van der Waals surface area contributed by atoms with Crippen molar-refractivity contribution in [2.45, 2.75) is 50.8 Å². The molecule has 0 amide bonds. The topological polar surface area (TPSA) is 110 Å². The number of aldehydes is 1. The van der Waals surface area contributed by atoms with Crippen LogP contribution in [0, 0.1) is 0 Å². The first kappa shape index (κ1) is 20.5. The van der Waals surface area contributed by atoms with Gasteiger partial charge >= 0.3 is 0 Å². The molecule has 1 fully saturated rings. The van der Waals surface area contributed by atoms with E-state index in [0.717, 1.165) is 17.5 Å². The Hall–Kier alpha value is -2.23. The maximum atomic E-state index is 11.3. The Morgan fingerprint density at radius 2 is 1.79 bits per heavy atom. The van der Waals surface area contributed by atoms with E-state index in [1.165, 1.54) is 0 Å². The van der Waals surface area contributed by atoms with E-state index in [2.05, 4.69) is 0 Å². The maximum Gasteiger partial charge on any atom is 0.229 e. The summed E-state index contributed by atoms with van der Waals surface area (Å²) in [6.07, 6.45) is -4.83. The van der Waals surface area contributed by atoms with Crippen molar-refractivity contribution >= 4 is 6.29 Å². The van der Waals surface area contributed by atoms with Gasteiger partial charge in [0.2, 0.25) is 6.29 Å². The molecule has 8 heteroatoms. The van der Waals surface area contributed by atoms with Crippen molar-refractivity contribution in [1.82, 2.24) is 4.57 Å². The van der Waals surface area contributed by atoms with Crippen LogP contribution in [0.5, 0.6) is 5.75 Å². The number of aliphatic hydroxyl groups is 3.